The first kappa shape index (κ1) is 28.8. The molecule has 3 aromatic rings. The molecule has 6 rings (SSSR count). The Kier molecular flexibility index (Phi) is 8.57. The molecule has 1 unspecified atom stereocenters. The number of benzene rings is 2. The molecule has 2 saturated heterocycles. The molecule has 2 aliphatic heterocycles. The highest BCUT2D eigenvalue weighted by molar-refractivity contribution is 5.67. The van der Waals surface area contributed by atoms with Gasteiger partial charge in [0, 0.05) is 61.6 Å². The van der Waals surface area contributed by atoms with Gasteiger partial charge in [0.25, 0.3) is 0 Å². The third-order valence-corrected chi connectivity index (χ3v) is 10.5. The van der Waals surface area contributed by atoms with Crippen LogP contribution in [0, 0.1) is 31.6 Å². The second-order valence-electron chi connectivity index (χ2n) is 13.0. The minimum Gasteiger partial charge on any atom is -0.453 e. The van der Waals surface area contributed by atoms with E-state index in [1.54, 1.807) is 0 Å². The molecule has 3 heterocycles. The number of likely N-dealkylation sites (tertiary alicyclic amines) is 1. The van der Waals surface area contributed by atoms with Crippen LogP contribution < -0.4 is 10.2 Å². The van der Waals surface area contributed by atoms with Crippen LogP contribution in [0.2, 0.25) is 0 Å². The zero-order valence-corrected chi connectivity index (χ0v) is 25.5. The van der Waals surface area contributed by atoms with Gasteiger partial charge in [0.15, 0.2) is 0 Å². The number of hydrogen-bond acceptors (Lipinski definition) is 5. The molecule has 3 atom stereocenters. The molecule has 0 radical (unpaired) electrons. The molecule has 1 aromatic heterocycles. The lowest BCUT2D eigenvalue weighted by molar-refractivity contribution is 0.0545. The molecule has 42 heavy (non-hydrogen) atoms. The summed E-state index contributed by atoms with van der Waals surface area (Å²) in [4.78, 5) is 22.3. The fraction of sp³-hybridized carbons (Fsp3) is 0.543. The average molecular weight is 570 g/mol. The number of ether oxygens (including phenoxy) is 1. The van der Waals surface area contributed by atoms with Crippen molar-refractivity contribution in [2.45, 2.75) is 64.0 Å². The summed E-state index contributed by atoms with van der Waals surface area (Å²) in [6.45, 7) is 10.9. The summed E-state index contributed by atoms with van der Waals surface area (Å²) in [6, 6.07) is 20.2. The van der Waals surface area contributed by atoms with E-state index in [9.17, 15) is 4.79 Å². The normalized spacial score (nSPS) is 23.4. The fourth-order valence-corrected chi connectivity index (χ4v) is 8.30. The summed E-state index contributed by atoms with van der Waals surface area (Å²) in [5.74, 6) is 2.62. The molecule has 1 N–H and O–H groups in total. The third kappa shape index (κ3) is 5.81. The number of nitrogens with zero attached hydrogens (tertiary/aromatic N) is 4. The number of hydrogen-bond donors (Lipinski definition) is 1. The number of nitrogens with one attached hydrogen (secondary N) is 1. The Hall–Kier alpha value is -3.32. The largest absolute Gasteiger partial charge is 0.453 e. The highest BCUT2D eigenvalue weighted by Gasteiger charge is 2.52. The number of anilines is 1. The maximum Gasteiger partial charge on any atom is 0.407 e. The van der Waals surface area contributed by atoms with Crippen molar-refractivity contribution in [2.75, 3.05) is 44.7 Å². The van der Waals surface area contributed by atoms with Gasteiger partial charge in [0.2, 0.25) is 0 Å². The predicted molar refractivity (Wildman–Crippen MR) is 168 cm³/mol. The van der Waals surface area contributed by atoms with Gasteiger partial charge in [-0.25, -0.2) is 9.78 Å². The zero-order chi connectivity index (χ0) is 29.1. The molecule has 1 amide bonds. The molecule has 224 valence electrons. The van der Waals surface area contributed by atoms with E-state index in [4.69, 9.17) is 4.74 Å². The highest BCUT2D eigenvalue weighted by Crippen LogP contribution is 2.51. The Balaban J connectivity index is 1.22. The number of methoxy groups -OCH3 is 1. The number of aromatic nitrogens is 2. The first-order valence-corrected chi connectivity index (χ1v) is 15.9. The topological polar surface area (TPSA) is 62.6 Å². The van der Waals surface area contributed by atoms with Crippen molar-refractivity contribution in [3.8, 4) is 0 Å². The number of piperidine rings is 1. The molecule has 7 nitrogen and oxygen atoms in total. The lowest BCUT2D eigenvalue weighted by Gasteiger charge is -2.51. The number of imidazole rings is 1. The van der Waals surface area contributed by atoms with Gasteiger partial charge in [0.1, 0.15) is 5.82 Å². The number of carbonyl (C=O) groups excluding carboxylic acids is 1. The summed E-state index contributed by atoms with van der Waals surface area (Å²) in [5.41, 5.74) is 3.95. The van der Waals surface area contributed by atoms with Gasteiger partial charge in [-0.05, 0) is 82.2 Å². The molecule has 3 aliphatic rings. The van der Waals surface area contributed by atoms with E-state index in [0.29, 0.717) is 11.8 Å². The average Bonchev–Trinajstić information content (AvgIpc) is 3.63. The van der Waals surface area contributed by atoms with Crippen molar-refractivity contribution in [1.82, 2.24) is 19.8 Å². The summed E-state index contributed by atoms with van der Waals surface area (Å²) < 4.78 is 7.43. The van der Waals surface area contributed by atoms with Crippen LogP contribution in [0.1, 0.15) is 49.1 Å². The molecule has 0 bridgehead atoms. The van der Waals surface area contributed by atoms with Gasteiger partial charge in [-0.15, -0.1) is 0 Å². The van der Waals surface area contributed by atoms with E-state index in [0.717, 1.165) is 63.7 Å². The SMILES string of the molecule is COC(=O)N[C@H]1CCC[C@@H]1C(Cn1ccnc1C)(c1ccccc1)C1CCN(CC2CN(c3ccc(C)cc3)C2)CC1. The van der Waals surface area contributed by atoms with Crippen molar-refractivity contribution >= 4 is 11.8 Å². The van der Waals surface area contributed by atoms with Crippen LogP contribution in [0.4, 0.5) is 10.5 Å². The van der Waals surface area contributed by atoms with Gasteiger partial charge in [0.05, 0.1) is 7.11 Å². The fourth-order valence-electron chi connectivity index (χ4n) is 8.30. The number of aryl methyl sites for hydroxylation is 2. The van der Waals surface area contributed by atoms with E-state index < -0.39 is 0 Å². The van der Waals surface area contributed by atoms with Crippen LogP contribution in [-0.4, -0.2) is 66.4 Å². The molecule has 1 aliphatic carbocycles. The van der Waals surface area contributed by atoms with Crippen molar-refractivity contribution in [2.24, 2.45) is 17.8 Å². The Morgan fingerprint density at radius 1 is 1.00 bits per heavy atom. The highest BCUT2D eigenvalue weighted by atomic mass is 16.5. The van der Waals surface area contributed by atoms with Crippen LogP contribution in [0.5, 0.6) is 0 Å². The van der Waals surface area contributed by atoms with Gasteiger partial charge in [-0.2, -0.15) is 0 Å². The van der Waals surface area contributed by atoms with Crippen LogP contribution >= 0.6 is 0 Å². The first-order chi connectivity index (χ1) is 20.5. The van der Waals surface area contributed by atoms with Crippen molar-refractivity contribution in [1.29, 1.82) is 0 Å². The van der Waals surface area contributed by atoms with Gasteiger partial charge in [-0.1, -0.05) is 54.4 Å². The molecular weight excluding hydrogens is 522 g/mol. The van der Waals surface area contributed by atoms with E-state index in [1.807, 2.05) is 6.20 Å². The maximum absolute atomic E-state index is 12.5. The molecule has 0 spiro atoms. The van der Waals surface area contributed by atoms with E-state index in [1.165, 1.54) is 43.3 Å². The van der Waals surface area contributed by atoms with E-state index in [-0.39, 0.29) is 17.6 Å². The van der Waals surface area contributed by atoms with Crippen LogP contribution in [0.3, 0.4) is 0 Å². The monoisotopic (exact) mass is 569 g/mol. The summed E-state index contributed by atoms with van der Waals surface area (Å²) in [5, 5.41) is 3.26. The Bertz CT molecular complexity index is 1310. The number of alkyl carbamates (subject to hydrolysis) is 1. The summed E-state index contributed by atoms with van der Waals surface area (Å²) in [6.07, 6.45) is 9.29. The predicted octanol–water partition coefficient (Wildman–Crippen LogP) is 5.81. The summed E-state index contributed by atoms with van der Waals surface area (Å²) in [7, 11) is 1.47. The second kappa shape index (κ2) is 12.5. The second-order valence-corrected chi connectivity index (χ2v) is 13.0. The van der Waals surface area contributed by atoms with Gasteiger partial charge in [-0.3, -0.25) is 0 Å². The molecule has 7 heteroatoms. The van der Waals surface area contributed by atoms with Crippen LogP contribution in [0.15, 0.2) is 67.0 Å². The molecule has 1 saturated carbocycles. The molecular formula is C35H47N5O2. The smallest absolute Gasteiger partial charge is 0.407 e. The molecule has 2 aromatic carbocycles. The van der Waals surface area contributed by atoms with Crippen molar-refractivity contribution in [3.05, 3.63) is 83.9 Å². The lowest BCUT2D eigenvalue weighted by Crippen LogP contribution is -2.56. The van der Waals surface area contributed by atoms with E-state index in [2.05, 4.69) is 99.3 Å². The number of amides is 1. The Morgan fingerprint density at radius 3 is 2.40 bits per heavy atom. The quantitative estimate of drug-likeness (QED) is 0.352. The molecule has 3 fully saturated rings. The standard InChI is InChI=1S/C35H47N5O2/c1-26-12-14-31(15-13-26)40-23-28(24-40)22-38-19-16-30(17-20-38)35(29-8-5-4-6-9-29,25-39-21-18-36-27(39)2)32-10-7-11-33(32)37-34(41)42-3/h4-6,8-9,12-15,18,21,28,30,32-33H,7,10-11,16-17,19-20,22-25H2,1-3H3,(H,37,41)/t32-,33-,35?/m0/s1. The van der Waals surface area contributed by atoms with Crippen LogP contribution in [0.25, 0.3) is 0 Å². The number of carbonyl (C=O) groups is 1. The van der Waals surface area contributed by atoms with Gasteiger partial charge >= 0.3 is 6.09 Å². The van der Waals surface area contributed by atoms with Crippen molar-refractivity contribution < 1.29 is 9.53 Å². The van der Waals surface area contributed by atoms with Crippen molar-refractivity contribution in [3.63, 3.8) is 0 Å². The lowest BCUT2D eigenvalue weighted by atomic mass is 9.58. The zero-order valence-electron chi connectivity index (χ0n) is 25.5. The number of rotatable bonds is 9. The van der Waals surface area contributed by atoms with Gasteiger partial charge < -0.3 is 24.4 Å². The maximum atomic E-state index is 12.5. The van der Waals surface area contributed by atoms with Crippen LogP contribution in [-0.2, 0) is 16.7 Å². The minimum absolute atomic E-state index is 0.0993. The minimum atomic E-state index is -0.317. The van der Waals surface area contributed by atoms with E-state index >= 15 is 0 Å². The third-order valence-electron chi connectivity index (χ3n) is 10.5. The Labute approximate surface area is 251 Å². The Morgan fingerprint density at radius 2 is 1.74 bits per heavy atom. The first-order valence-electron chi connectivity index (χ1n) is 15.9. The summed E-state index contributed by atoms with van der Waals surface area (Å²) >= 11 is 0.